The van der Waals surface area contributed by atoms with Gasteiger partial charge in [0, 0.05) is 36.5 Å². The van der Waals surface area contributed by atoms with Crippen LogP contribution in [-0.4, -0.2) is 35.5 Å². The summed E-state index contributed by atoms with van der Waals surface area (Å²) in [7, 11) is 0. The van der Waals surface area contributed by atoms with Crippen molar-refractivity contribution in [2.24, 2.45) is 5.92 Å². The molecule has 1 aromatic heterocycles. The molecule has 0 saturated carbocycles. The highest BCUT2D eigenvalue weighted by Gasteiger charge is 2.23. The molecule has 1 aliphatic heterocycles. The number of aromatic nitrogens is 2. The molecular weight excluding hydrogens is 312 g/mol. The van der Waals surface area contributed by atoms with Gasteiger partial charge in [-0.05, 0) is 43.5 Å². The van der Waals surface area contributed by atoms with Gasteiger partial charge in [-0.1, -0.05) is 11.6 Å². The largest absolute Gasteiger partial charge is 0.371 e. The standard InChI is InChI=1S/C17H19ClN4O/c1-12-8-20-16(10-19-12)17(23)21-9-13-6-7-22(11-13)15-4-2-14(18)3-5-15/h2-5,8,10,13H,6-7,9,11H2,1H3,(H,21,23)/t13-/m1/s1. The number of aryl methyl sites for hydroxylation is 1. The number of nitrogens with zero attached hydrogens (tertiary/aromatic N) is 3. The van der Waals surface area contributed by atoms with E-state index >= 15 is 0 Å². The zero-order chi connectivity index (χ0) is 16.2. The fraction of sp³-hybridized carbons (Fsp3) is 0.353. The first-order chi connectivity index (χ1) is 11.1. The van der Waals surface area contributed by atoms with Crippen molar-refractivity contribution < 1.29 is 4.79 Å². The molecule has 1 aromatic carbocycles. The molecule has 0 bridgehead atoms. The summed E-state index contributed by atoms with van der Waals surface area (Å²) in [5.74, 6) is 0.274. The van der Waals surface area contributed by atoms with Gasteiger partial charge in [-0.25, -0.2) is 4.98 Å². The van der Waals surface area contributed by atoms with Crippen molar-refractivity contribution in [2.75, 3.05) is 24.5 Å². The molecule has 6 heteroatoms. The molecule has 1 fully saturated rings. The summed E-state index contributed by atoms with van der Waals surface area (Å²) in [6.45, 7) is 4.42. The number of carbonyl (C=O) groups is 1. The van der Waals surface area contributed by atoms with Gasteiger partial charge in [0.15, 0.2) is 0 Å². The summed E-state index contributed by atoms with van der Waals surface area (Å²) in [6, 6.07) is 7.88. The first kappa shape index (κ1) is 15.7. The summed E-state index contributed by atoms with van der Waals surface area (Å²) >= 11 is 5.92. The third-order valence-electron chi connectivity index (χ3n) is 4.04. The second-order valence-corrected chi connectivity index (χ2v) is 6.27. The molecule has 1 aliphatic rings. The number of carbonyl (C=O) groups excluding carboxylic acids is 1. The molecular formula is C17H19ClN4O. The quantitative estimate of drug-likeness (QED) is 0.936. The van der Waals surface area contributed by atoms with Gasteiger partial charge >= 0.3 is 0 Å². The number of hydrogen-bond donors (Lipinski definition) is 1. The Kier molecular flexibility index (Phi) is 4.76. The van der Waals surface area contributed by atoms with Crippen LogP contribution in [-0.2, 0) is 0 Å². The molecule has 0 radical (unpaired) electrons. The SMILES string of the molecule is Cc1cnc(C(=O)NC[C@H]2CCN(c3ccc(Cl)cc3)C2)cn1. The Balaban J connectivity index is 1.51. The van der Waals surface area contributed by atoms with Crippen LogP contribution in [0.4, 0.5) is 5.69 Å². The maximum Gasteiger partial charge on any atom is 0.271 e. The van der Waals surface area contributed by atoms with Crippen LogP contribution in [0.25, 0.3) is 0 Å². The van der Waals surface area contributed by atoms with Gasteiger partial charge in [-0.15, -0.1) is 0 Å². The van der Waals surface area contributed by atoms with E-state index in [1.54, 1.807) is 6.20 Å². The molecule has 23 heavy (non-hydrogen) atoms. The first-order valence-electron chi connectivity index (χ1n) is 7.69. The lowest BCUT2D eigenvalue weighted by Gasteiger charge is -2.19. The number of hydrogen-bond acceptors (Lipinski definition) is 4. The van der Waals surface area contributed by atoms with Crippen LogP contribution in [0.2, 0.25) is 5.02 Å². The number of halogens is 1. The summed E-state index contributed by atoms with van der Waals surface area (Å²) < 4.78 is 0. The van der Waals surface area contributed by atoms with Crippen LogP contribution in [0.1, 0.15) is 22.6 Å². The molecule has 1 N–H and O–H groups in total. The van der Waals surface area contributed by atoms with Crippen LogP contribution in [0, 0.1) is 12.8 Å². The highest BCUT2D eigenvalue weighted by atomic mass is 35.5. The van der Waals surface area contributed by atoms with Crippen molar-refractivity contribution >= 4 is 23.2 Å². The molecule has 2 aromatic rings. The van der Waals surface area contributed by atoms with Crippen LogP contribution >= 0.6 is 11.6 Å². The van der Waals surface area contributed by atoms with E-state index in [9.17, 15) is 4.79 Å². The van der Waals surface area contributed by atoms with E-state index in [0.717, 1.165) is 30.2 Å². The average Bonchev–Trinajstić information content (AvgIpc) is 3.03. The second-order valence-electron chi connectivity index (χ2n) is 5.83. The Hall–Kier alpha value is -2.14. The molecule has 2 heterocycles. The average molecular weight is 331 g/mol. The van der Waals surface area contributed by atoms with Gasteiger partial charge in [0.1, 0.15) is 5.69 Å². The van der Waals surface area contributed by atoms with Gasteiger partial charge < -0.3 is 10.2 Å². The number of amides is 1. The highest BCUT2D eigenvalue weighted by molar-refractivity contribution is 6.30. The lowest BCUT2D eigenvalue weighted by molar-refractivity contribution is 0.0943. The van der Waals surface area contributed by atoms with Crippen molar-refractivity contribution in [3.8, 4) is 0 Å². The number of nitrogens with one attached hydrogen (secondary N) is 1. The zero-order valence-electron chi connectivity index (χ0n) is 13.0. The van der Waals surface area contributed by atoms with E-state index in [0.29, 0.717) is 18.2 Å². The second kappa shape index (κ2) is 6.96. The minimum absolute atomic E-state index is 0.164. The van der Waals surface area contributed by atoms with Gasteiger partial charge in [-0.3, -0.25) is 9.78 Å². The molecule has 0 spiro atoms. The smallest absolute Gasteiger partial charge is 0.271 e. The Bertz CT molecular complexity index is 672. The molecule has 5 nitrogen and oxygen atoms in total. The molecule has 0 aliphatic carbocycles. The van der Waals surface area contributed by atoms with Gasteiger partial charge in [0.05, 0.1) is 11.9 Å². The van der Waals surface area contributed by atoms with Crippen molar-refractivity contribution in [3.63, 3.8) is 0 Å². The molecule has 1 atom stereocenters. The fourth-order valence-corrected chi connectivity index (χ4v) is 2.85. The van der Waals surface area contributed by atoms with Crippen LogP contribution < -0.4 is 10.2 Å². The zero-order valence-corrected chi connectivity index (χ0v) is 13.8. The maximum atomic E-state index is 12.1. The van der Waals surface area contributed by atoms with E-state index in [1.807, 2.05) is 31.2 Å². The Morgan fingerprint density at radius 2 is 2.09 bits per heavy atom. The Morgan fingerprint density at radius 1 is 1.30 bits per heavy atom. The lowest BCUT2D eigenvalue weighted by atomic mass is 10.1. The lowest BCUT2D eigenvalue weighted by Crippen LogP contribution is -2.31. The van der Waals surface area contributed by atoms with Crippen molar-refractivity contribution in [1.29, 1.82) is 0 Å². The third kappa shape index (κ3) is 3.99. The maximum absolute atomic E-state index is 12.1. The summed E-state index contributed by atoms with van der Waals surface area (Å²) in [4.78, 5) is 22.6. The van der Waals surface area contributed by atoms with Crippen molar-refractivity contribution in [3.05, 3.63) is 53.1 Å². The third-order valence-corrected chi connectivity index (χ3v) is 4.29. The van der Waals surface area contributed by atoms with E-state index < -0.39 is 0 Å². The Labute approximate surface area is 140 Å². The van der Waals surface area contributed by atoms with E-state index in [1.165, 1.54) is 11.9 Å². The Morgan fingerprint density at radius 3 is 2.78 bits per heavy atom. The summed E-state index contributed by atoms with van der Waals surface area (Å²) in [6.07, 6.45) is 4.18. The minimum atomic E-state index is -0.164. The molecule has 120 valence electrons. The minimum Gasteiger partial charge on any atom is -0.371 e. The van der Waals surface area contributed by atoms with Gasteiger partial charge in [-0.2, -0.15) is 0 Å². The number of rotatable bonds is 4. The fourth-order valence-electron chi connectivity index (χ4n) is 2.72. The molecule has 3 rings (SSSR count). The van der Waals surface area contributed by atoms with E-state index in [4.69, 9.17) is 11.6 Å². The van der Waals surface area contributed by atoms with E-state index in [-0.39, 0.29) is 5.91 Å². The van der Waals surface area contributed by atoms with Crippen LogP contribution in [0.5, 0.6) is 0 Å². The molecule has 1 saturated heterocycles. The summed E-state index contributed by atoms with van der Waals surface area (Å²) in [5.41, 5.74) is 2.34. The normalized spacial score (nSPS) is 17.3. The van der Waals surface area contributed by atoms with Gasteiger partial charge in [0.2, 0.25) is 0 Å². The molecule has 1 amide bonds. The monoisotopic (exact) mass is 330 g/mol. The summed E-state index contributed by atoms with van der Waals surface area (Å²) in [5, 5.41) is 3.70. The van der Waals surface area contributed by atoms with Gasteiger partial charge in [0.25, 0.3) is 5.91 Å². The van der Waals surface area contributed by atoms with Crippen LogP contribution in [0.15, 0.2) is 36.7 Å². The van der Waals surface area contributed by atoms with Crippen LogP contribution in [0.3, 0.4) is 0 Å². The van der Waals surface area contributed by atoms with Crippen molar-refractivity contribution in [2.45, 2.75) is 13.3 Å². The predicted molar refractivity (Wildman–Crippen MR) is 90.9 cm³/mol. The number of anilines is 1. The molecule has 0 unspecified atom stereocenters. The number of benzene rings is 1. The first-order valence-corrected chi connectivity index (χ1v) is 8.07. The highest BCUT2D eigenvalue weighted by Crippen LogP contribution is 2.24. The predicted octanol–water partition coefficient (Wildman–Crippen LogP) is 2.69. The van der Waals surface area contributed by atoms with E-state index in [2.05, 4.69) is 20.2 Å². The van der Waals surface area contributed by atoms with Crippen molar-refractivity contribution in [1.82, 2.24) is 15.3 Å². The topological polar surface area (TPSA) is 58.1 Å².